The Hall–Kier alpha value is -4.07. The molecule has 2 aromatic carbocycles. The highest BCUT2D eigenvalue weighted by Crippen LogP contribution is 2.37. The number of hydrogen-bond donors (Lipinski definition) is 2. The summed E-state index contributed by atoms with van der Waals surface area (Å²) in [5, 5.41) is 6.55. The molecule has 0 atom stereocenters. The number of hydrogen-bond acceptors (Lipinski definition) is 6. The summed E-state index contributed by atoms with van der Waals surface area (Å²) in [6.45, 7) is -0.193. The number of carbonyl (C=O) groups excluding carboxylic acids is 1. The van der Waals surface area contributed by atoms with Crippen LogP contribution in [-0.2, 0) is 4.79 Å². The predicted molar refractivity (Wildman–Crippen MR) is 112 cm³/mol. The Kier molecular flexibility index (Phi) is 4.24. The molecular weight excluding hydrogens is 385 g/mol. The van der Waals surface area contributed by atoms with Crippen molar-refractivity contribution in [2.24, 2.45) is 0 Å². The van der Waals surface area contributed by atoms with Gasteiger partial charge in [0.05, 0.1) is 11.2 Å². The Morgan fingerprint density at radius 3 is 2.80 bits per heavy atom. The topological polar surface area (TPSA) is 89.0 Å². The number of anilines is 2. The average molecular weight is 401 g/mol. The standard InChI is InChI=1S/C22H16FN5O2/c1-24-22-15-7-12(14-8-16(23)20-18(9-14)26-19(29)11-30-20)4-5-17(15)27-21(28-22)13-3-2-6-25-10-13/h2-10H,11H2,1H3,(H,26,29)(H,24,27,28). The molecule has 4 aromatic rings. The minimum absolute atomic E-state index is 0.0551. The van der Waals surface area contributed by atoms with Gasteiger partial charge in [0.25, 0.3) is 5.91 Å². The fourth-order valence-corrected chi connectivity index (χ4v) is 3.45. The number of halogens is 1. The summed E-state index contributed by atoms with van der Waals surface area (Å²) < 4.78 is 19.7. The fraction of sp³-hybridized carbons (Fsp3) is 0.0909. The zero-order chi connectivity index (χ0) is 20.7. The lowest BCUT2D eigenvalue weighted by Gasteiger charge is -2.19. The minimum atomic E-state index is -0.528. The zero-order valence-electron chi connectivity index (χ0n) is 15.9. The monoisotopic (exact) mass is 401 g/mol. The van der Waals surface area contributed by atoms with Gasteiger partial charge in [-0.2, -0.15) is 0 Å². The van der Waals surface area contributed by atoms with Crippen LogP contribution in [0.25, 0.3) is 33.4 Å². The lowest BCUT2D eigenvalue weighted by molar-refractivity contribution is -0.118. The number of ether oxygens (including phenoxy) is 1. The van der Waals surface area contributed by atoms with Gasteiger partial charge in [-0.25, -0.2) is 14.4 Å². The van der Waals surface area contributed by atoms with E-state index < -0.39 is 5.82 Å². The molecule has 0 spiro atoms. The summed E-state index contributed by atoms with van der Waals surface area (Å²) >= 11 is 0. The maximum absolute atomic E-state index is 14.5. The van der Waals surface area contributed by atoms with Crippen LogP contribution in [0.5, 0.6) is 5.75 Å². The van der Waals surface area contributed by atoms with Crippen LogP contribution in [-0.4, -0.2) is 34.5 Å². The van der Waals surface area contributed by atoms with E-state index in [0.29, 0.717) is 22.9 Å². The van der Waals surface area contributed by atoms with E-state index in [0.717, 1.165) is 22.0 Å². The second kappa shape index (κ2) is 7.07. The minimum Gasteiger partial charge on any atom is -0.478 e. The molecule has 1 aliphatic rings. The quantitative estimate of drug-likeness (QED) is 0.542. The van der Waals surface area contributed by atoms with Crippen LogP contribution in [0.3, 0.4) is 0 Å². The molecule has 30 heavy (non-hydrogen) atoms. The van der Waals surface area contributed by atoms with Crippen molar-refractivity contribution in [3.63, 3.8) is 0 Å². The smallest absolute Gasteiger partial charge is 0.262 e. The Balaban J connectivity index is 1.63. The first kappa shape index (κ1) is 18.0. The third-order valence-electron chi connectivity index (χ3n) is 4.85. The van der Waals surface area contributed by atoms with Crippen LogP contribution in [0.15, 0.2) is 54.9 Å². The molecule has 8 heteroatoms. The van der Waals surface area contributed by atoms with Crippen LogP contribution < -0.4 is 15.4 Å². The molecule has 148 valence electrons. The third-order valence-corrected chi connectivity index (χ3v) is 4.85. The molecule has 0 saturated heterocycles. The first-order valence-electron chi connectivity index (χ1n) is 9.29. The number of benzene rings is 2. The van der Waals surface area contributed by atoms with Gasteiger partial charge in [0.1, 0.15) is 5.82 Å². The Morgan fingerprint density at radius 2 is 2.00 bits per heavy atom. The molecule has 0 aliphatic carbocycles. The van der Waals surface area contributed by atoms with Crippen molar-refractivity contribution in [2.45, 2.75) is 0 Å². The highest BCUT2D eigenvalue weighted by atomic mass is 19.1. The number of pyridine rings is 1. The van der Waals surface area contributed by atoms with Gasteiger partial charge in [0.2, 0.25) is 0 Å². The summed E-state index contributed by atoms with van der Waals surface area (Å²) in [5.74, 6) is 0.425. The predicted octanol–water partition coefficient (Wildman–Crippen LogP) is 3.87. The molecule has 2 N–H and O–H groups in total. The number of amides is 1. The SMILES string of the molecule is CNc1nc(-c2cccnc2)nc2ccc(-c3cc(F)c4c(c3)NC(=O)CO4)cc12. The van der Waals surface area contributed by atoms with Gasteiger partial charge in [0.15, 0.2) is 24.0 Å². The summed E-state index contributed by atoms with van der Waals surface area (Å²) in [6, 6.07) is 12.4. The van der Waals surface area contributed by atoms with Gasteiger partial charge in [-0.1, -0.05) is 6.07 Å². The van der Waals surface area contributed by atoms with Crippen LogP contribution in [0.1, 0.15) is 0 Å². The molecule has 1 amide bonds. The van der Waals surface area contributed by atoms with E-state index in [1.54, 1.807) is 25.5 Å². The first-order chi connectivity index (χ1) is 14.6. The third kappa shape index (κ3) is 3.08. The van der Waals surface area contributed by atoms with E-state index in [2.05, 4.69) is 25.6 Å². The lowest BCUT2D eigenvalue weighted by Crippen LogP contribution is -2.26. The highest BCUT2D eigenvalue weighted by Gasteiger charge is 2.21. The number of rotatable bonds is 3. The Bertz CT molecular complexity index is 1290. The molecule has 5 rings (SSSR count). The molecule has 0 saturated carbocycles. The van der Waals surface area contributed by atoms with E-state index >= 15 is 0 Å². The fourth-order valence-electron chi connectivity index (χ4n) is 3.45. The molecule has 0 unspecified atom stereocenters. The van der Waals surface area contributed by atoms with Crippen molar-refractivity contribution in [3.8, 4) is 28.3 Å². The van der Waals surface area contributed by atoms with Gasteiger partial charge >= 0.3 is 0 Å². The summed E-state index contributed by atoms with van der Waals surface area (Å²) in [6.07, 6.45) is 3.40. The number of carbonyl (C=O) groups is 1. The number of nitrogens with one attached hydrogen (secondary N) is 2. The zero-order valence-corrected chi connectivity index (χ0v) is 15.9. The van der Waals surface area contributed by atoms with Gasteiger partial charge in [-0.3, -0.25) is 9.78 Å². The van der Waals surface area contributed by atoms with Crippen molar-refractivity contribution >= 4 is 28.3 Å². The van der Waals surface area contributed by atoms with Crippen molar-refractivity contribution < 1.29 is 13.9 Å². The van der Waals surface area contributed by atoms with Crippen molar-refractivity contribution in [1.29, 1.82) is 0 Å². The number of aromatic nitrogens is 3. The van der Waals surface area contributed by atoms with E-state index in [1.165, 1.54) is 6.07 Å². The van der Waals surface area contributed by atoms with Gasteiger partial charge in [0, 0.05) is 30.4 Å². The summed E-state index contributed by atoms with van der Waals surface area (Å²) in [7, 11) is 1.78. The Morgan fingerprint density at radius 1 is 1.10 bits per heavy atom. The Labute approximate surface area is 171 Å². The van der Waals surface area contributed by atoms with E-state index in [4.69, 9.17) is 4.74 Å². The number of fused-ring (bicyclic) bond motifs is 2. The van der Waals surface area contributed by atoms with Crippen LogP contribution in [0.4, 0.5) is 15.9 Å². The second-order valence-corrected chi connectivity index (χ2v) is 6.79. The van der Waals surface area contributed by atoms with Gasteiger partial charge in [-0.15, -0.1) is 0 Å². The average Bonchev–Trinajstić information content (AvgIpc) is 2.78. The van der Waals surface area contributed by atoms with E-state index in [-0.39, 0.29) is 18.3 Å². The lowest BCUT2D eigenvalue weighted by atomic mass is 10.0. The highest BCUT2D eigenvalue weighted by molar-refractivity contribution is 5.97. The van der Waals surface area contributed by atoms with Gasteiger partial charge < -0.3 is 15.4 Å². The molecule has 3 heterocycles. The van der Waals surface area contributed by atoms with Gasteiger partial charge in [-0.05, 0) is 47.5 Å². The normalized spacial score (nSPS) is 12.8. The maximum Gasteiger partial charge on any atom is 0.262 e. The molecule has 0 radical (unpaired) electrons. The largest absolute Gasteiger partial charge is 0.478 e. The maximum atomic E-state index is 14.5. The molecule has 0 fully saturated rings. The van der Waals surface area contributed by atoms with Crippen LogP contribution in [0.2, 0.25) is 0 Å². The second-order valence-electron chi connectivity index (χ2n) is 6.79. The van der Waals surface area contributed by atoms with E-state index in [9.17, 15) is 9.18 Å². The van der Waals surface area contributed by atoms with Crippen LogP contribution >= 0.6 is 0 Å². The summed E-state index contributed by atoms with van der Waals surface area (Å²) in [5.41, 5.74) is 3.24. The molecule has 7 nitrogen and oxygen atoms in total. The molecule has 2 aromatic heterocycles. The molecule has 1 aliphatic heterocycles. The number of nitrogens with zero attached hydrogens (tertiary/aromatic N) is 3. The first-order valence-corrected chi connectivity index (χ1v) is 9.29. The molecule has 0 bridgehead atoms. The van der Waals surface area contributed by atoms with Crippen molar-refractivity contribution in [2.75, 3.05) is 24.3 Å². The summed E-state index contributed by atoms with van der Waals surface area (Å²) in [4.78, 5) is 25.0. The van der Waals surface area contributed by atoms with Crippen LogP contribution in [0, 0.1) is 5.82 Å². The van der Waals surface area contributed by atoms with Crippen molar-refractivity contribution in [3.05, 3.63) is 60.7 Å². The van der Waals surface area contributed by atoms with Crippen molar-refractivity contribution in [1.82, 2.24) is 15.0 Å². The molecular formula is C22H16FN5O2. The van der Waals surface area contributed by atoms with E-state index in [1.807, 2.05) is 30.3 Å².